The molecule has 0 saturated carbocycles. The van der Waals surface area contributed by atoms with Crippen LogP contribution in [0.1, 0.15) is 57.9 Å². The average Bonchev–Trinajstić information content (AvgIpc) is 3.29. The van der Waals surface area contributed by atoms with Crippen molar-refractivity contribution in [2.75, 3.05) is 0 Å². The number of benzene rings is 8. The summed E-state index contributed by atoms with van der Waals surface area (Å²) >= 11 is 0. The second-order valence-electron chi connectivity index (χ2n) is 14.5. The predicted molar refractivity (Wildman–Crippen MR) is 231 cm³/mol. The molecule has 4 atom stereocenters. The number of hydrogen-bond donors (Lipinski definition) is 4. The third kappa shape index (κ3) is 6.43. The maximum Gasteiger partial charge on any atom is 0.131 e. The Morgan fingerprint density at radius 2 is 0.875 bits per heavy atom. The smallest absolute Gasteiger partial charge is 0.131 e. The molecule has 0 bridgehead atoms. The maximum absolute atomic E-state index is 5.47. The summed E-state index contributed by atoms with van der Waals surface area (Å²) in [5.41, 5.74) is 10.4. The molecule has 4 unspecified atom stereocenters. The fourth-order valence-electron chi connectivity index (χ4n) is 8.34. The van der Waals surface area contributed by atoms with Crippen LogP contribution in [0.15, 0.2) is 205 Å². The van der Waals surface area contributed by atoms with E-state index in [-0.39, 0.29) is 24.5 Å². The quantitative estimate of drug-likeness (QED) is 0.124. The highest BCUT2D eigenvalue weighted by Crippen LogP contribution is 2.44. The van der Waals surface area contributed by atoms with Gasteiger partial charge >= 0.3 is 0 Å². The van der Waals surface area contributed by atoms with Crippen molar-refractivity contribution in [2.24, 2.45) is 4.99 Å². The van der Waals surface area contributed by atoms with Crippen LogP contribution in [-0.4, -0.2) is 5.84 Å². The Labute approximate surface area is 327 Å². The summed E-state index contributed by atoms with van der Waals surface area (Å²) in [7, 11) is 0. The molecular weight excluding hydrogens is 683 g/mol. The second kappa shape index (κ2) is 14.8. The van der Waals surface area contributed by atoms with E-state index in [0.29, 0.717) is 0 Å². The molecule has 0 saturated heterocycles. The van der Waals surface area contributed by atoms with E-state index in [9.17, 15) is 0 Å². The normalized spacial score (nSPS) is 19.4. The minimum Gasteiger partial charge on any atom is -0.366 e. The van der Waals surface area contributed by atoms with Gasteiger partial charge in [-0.15, -0.1) is 0 Å². The number of nitrogens with zero attached hydrogens (tertiary/aromatic N) is 1. The van der Waals surface area contributed by atoms with Gasteiger partial charge in [-0.1, -0.05) is 194 Å². The topological polar surface area (TPSA) is 60.5 Å². The third-order valence-electron chi connectivity index (χ3n) is 11.0. The van der Waals surface area contributed by atoms with Crippen LogP contribution in [0.5, 0.6) is 0 Å². The molecule has 0 spiro atoms. The Morgan fingerprint density at radius 3 is 1.54 bits per heavy atom. The highest BCUT2D eigenvalue weighted by molar-refractivity contribution is 6.16. The molecule has 4 N–H and O–H groups in total. The number of amidine groups is 1. The van der Waals surface area contributed by atoms with Crippen molar-refractivity contribution in [3.05, 3.63) is 234 Å². The molecule has 5 nitrogen and oxygen atoms in total. The molecule has 0 aliphatic carbocycles. The van der Waals surface area contributed by atoms with Crippen molar-refractivity contribution in [3.8, 4) is 11.1 Å². The lowest BCUT2D eigenvalue weighted by molar-refractivity contribution is 0.411. The Balaban J connectivity index is 1.11. The first kappa shape index (κ1) is 33.8. The van der Waals surface area contributed by atoms with E-state index in [4.69, 9.17) is 4.99 Å². The van der Waals surface area contributed by atoms with Gasteiger partial charge in [-0.25, -0.2) is 4.99 Å². The first-order valence-electron chi connectivity index (χ1n) is 19.4. The summed E-state index contributed by atoms with van der Waals surface area (Å²) in [6, 6.07) is 69.0. The molecule has 0 radical (unpaired) electrons. The van der Waals surface area contributed by atoms with Gasteiger partial charge in [0.15, 0.2) is 0 Å². The zero-order valence-electron chi connectivity index (χ0n) is 30.8. The van der Waals surface area contributed by atoms with Crippen LogP contribution in [-0.2, 0) is 0 Å². The first-order chi connectivity index (χ1) is 27.8. The summed E-state index contributed by atoms with van der Waals surface area (Å²) in [5.74, 6) is 0.867. The second-order valence-corrected chi connectivity index (χ2v) is 14.5. The minimum atomic E-state index is -0.340. The first-order valence-corrected chi connectivity index (χ1v) is 19.4. The largest absolute Gasteiger partial charge is 0.366 e. The third-order valence-corrected chi connectivity index (χ3v) is 11.0. The summed E-state index contributed by atoms with van der Waals surface area (Å²) in [6.07, 6.45) is 1.70. The van der Waals surface area contributed by atoms with E-state index < -0.39 is 0 Å². The molecule has 2 aliphatic rings. The molecule has 10 rings (SSSR count). The fourth-order valence-corrected chi connectivity index (χ4v) is 8.34. The van der Waals surface area contributed by atoms with E-state index in [1.807, 2.05) is 0 Å². The van der Waals surface area contributed by atoms with Gasteiger partial charge in [0.1, 0.15) is 24.3 Å². The van der Waals surface area contributed by atoms with E-state index in [1.54, 1.807) is 0 Å². The van der Waals surface area contributed by atoms with Crippen LogP contribution in [0.2, 0.25) is 0 Å². The molecule has 0 fully saturated rings. The van der Waals surface area contributed by atoms with Crippen LogP contribution < -0.4 is 21.3 Å². The molecular formula is C51H41N5. The highest BCUT2D eigenvalue weighted by Gasteiger charge is 2.30. The van der Waals surface area contributed by atoms with Crippen LogP contribution in [0.25, 0.3) is 38.4 Å². The van der Waals surface area contributed by atoms with Gasteiger partial charge in [0.2, 0.25) is 0 Å². The van der Waals surface area contributed by atoms with Gasteiger partial charge in [0.05, 0.1) is 6.04 Å². The average molecular weight is 724 g/mol. The van der Waals surface area contributed by atoms with Crippen molar-refractivity contribution in [2.45, 2.75) is 24.5 Å². The fraction of sp³-hybridized carbons (Fsp3) is 0.0784. The number of aliphatic imine (C=N–C) groups is 1. The van der Waals surface area contributed by atoms with Gasteiger partial charge in [-0.2, -0.15) is 0 Å². The van der Waals surface area contributed by atoms with Crippen LogP contribution in [0.3, 0.4) is 0 Å². The molecule has 270 valence electrons. The number of rotatable bonds is 7. The highest BCUT2D eigenvalue weighted by atomic mass is 15.3. The lowest BCUT2D eigenvalue weighted by Crippen LogP contribution is -2.45. The van der Waals surface area contributed by atoms with Crippen molar-refractivity contribution in [1.82, 2.24) is 21.3 Å². The van der Waals surface area contributed by atoms with E-state index in [2.05, 4.69) is 221 Å². The summed E-state index contributed by atoms with van der Waals surface area (Å²) in [5, 5.41) is 20.2. The van der Waals surface area contributed by atoms with Gasteiger partial charge in [0, 0.05) is 16.8 Å². The van der Waals surface area contributed by atoms with Crippen molar-refractivity contribution in [1.29, 1.82) is 0 Å². The molecule has 0 aromatic heterocycles. The standard InChI is InChI=1S/C51H41N5/c1-5-17-34(18-6-1)44-33-45(35-19-7-2-8-20-35)53-48(52-44)39-31-29-36(30-32-39)46-42-27-15-13-25-40(42)41-26-14-16-28-43(41)47(46)51-55-49(37-21-9-3-10-22-37)54-50(56-51)38-23-11-4-12-24-38/h1-33,44,48-49,51-53,55H,(H,54,56). The number of nitrogens with one attached hydrogen (secondary N) is 4. The van der Waals surface area contributed by atoms with E-state index in [1.165, 1.54) is 38.2 Å². The molecule has 2 aliphatic heterocycles. The Kier molecular flexibility index (Phi) is 8.92. The summed E-state index contributed by atoms with van der Waals surface area (Å²) in [6.45, 7) is 0. The van der Waals surface area contributed by atoms with E-state index in [0.717, 1.165) is 39.3 Å². The molecule has 8 aromatic carbocycles. The Bertz CT molecular complexity index is 2690. The van der Waals surface area contributed by atoms with Gasteiger partial charge < -0.3 is 10.6 Å². The van der Waals surface area contributed by atoms with Gasteiger partial charge in [0.25, 0.3) is 0 Å². The van der Waals surface area contributed by atoms with Crippen molar-refractivity contribution in [3.63, 3.8) is 0 Å². The summed E-state index contributed by atoms with van der Waals surface area (Å²) in [4.78, 5) is 5.47. The molecule has 2 heterocycles. The van der Waals surface area contributed by atoms with E-state index >= 15 is 0 Å². The summed E-state index contributed by atoms with van der Waals surface area (Å²) < 4.78 is 0. The number of fused-ring (bicyclic) bond motifs is 3. The van der Waals surface area contributed by atoms with Crippen molar-refractivity contribution >= 4 is 33.1 Å². The molecule has 56 heavy (non-hydrogen) atoms. The van der Waals surface area contributed by atoms with Crippen molar-refractivity contribution < 1.29 is 0 Å². The van der Waals surface area contributed by atoms with Gasteiger partial charge in [-0.05, 0) is 61.0 Å². The Hall–Kier alpha value is -6.79. The van der Waals surface area contributed by atoms with Crippen LogP contribution in [0.4, 0.5) is 0 Å². The molecule has 0 amide bonds. The predicted octanol–water partition coefficient (Wildman–Crippen LogP) is 11.0. The zero-order valence-corrected chi connectivity index (χ0v) is 30.8. The van der Waals surface area contributed by atoms with Gasteiger partial charge in [-0.3, -0.25) is 10.6 Å². The monoisotopic (exact) mass is 723 g/mol. The number of hydrogen-bond acceptors (Lipinski definition) is 5. The zero-order chi connectivity index (χ0) is 37.3. The van der Waals surface area contributed by atoms with Crippen LogP contribution in [0, 0.1) is 0 Å². The van der Waals surface area contributed by atoms with Crippen LogP contribution >= 0.6 is 0 Å². The lowest BCUT2D eigenvalue weighted by atomic mass is 9.86. The minimum absolute atomic E-state index is 0.0496. The SMILES string of the molecule is C1=C(c2ccccc2)NC(c2ccc(-c3c(C4N=C(c5ccccc5)NC(c5ccccc5)N4)c4ccccc4c4ccccc34)cc2)NC1c1ccccc1. The molecule has 8 aromatic rings. The Morgan fingerprint density at radius 1 is 0.375 bits per heavy atom. The lowest BCUT2D eigenvalue weighted by Gasteiger charge is -2.34. The maximum atomic E-state index is 5.47. The molecule has 5 heteroatoms.